The predicted molar refractivity (Wildman–Crippen MR) is 95.2 cm³/mol. The number of piperidine rings is 1. The predicted octanol–water partition coefficient (Wildman–Crippen LogP) is 2.30. The molecule has 0 saturated carbocycles. The van der Waals surface area contributed by atoms with E-state index in [0.717, 1.165) is 31.5 Å². The van der Waals surface area contributed by atoms with Crippen LogP contribution >= 0.6 is 23.2 Å². The van der Waals surface area contributed by atoms with Crippen molar-refractivity contribution in [3.05, 3.63) is 33.8 Å². The van der Waals surface area contributed by atoms with Gasteiger partial charge in [0.2, 0.25) is 5.91 Å². The van der Waals surface area contributed by atoms with Gasteiger partial charge in [-0.25, -0.2) is 4.79 Å². The molecular formula is C16H22Cl2N4O2. The Morgan fingerprint density at radius 1 is 1.33 bits per heavy atom. The average molecular weight is 373 g/mol. The summed E-state index contributed by atoms with van der Waals surface area (Å²) < 4.78 is 0. The van der Waals surface area contributed by atoms with Crippen molar-refractivity contribution >= 4 is 35.1 Å². The molecule has 1 aliphatic rings. The molecule has 132 valence electrons. The van der Waals surface area contributed by atoms with Gasteiger partial charge in [-0.2, -0.15) is 0 Å². The molecule has 1 aliphatic heterocycles. The quantitative estimate of drug-likeness (QED) is 0.740. The lowest BCUT2D eigenvalue weighted by molar-refractivity contribution is -0.119. The highest BCUT2D eigenvalue weighted by Crippen LogP contribution is 2.26. The van der Waals surface area contributed by atoms with Crippen LogP contribution in [0.15, 0.2) is 18.2 Å². The fraction of sp³-hybridized carbons (Fsp3) is 0.500. The van der Waals surface area contributed by atoms with Gasteiger partial charge in [-0.05, 0) is 37.5 Å². The van der Waals surface area contributed by atoms with Crippen molar-refractivity contribution in [1.82, 2.24) is 15.5 Å². The molecule has 0 radical (unpaired) electrons. The maximum absolute atomic E-state index is 12.2. The molecule has 2 rings (SSSR count). The van der Waals surface area contributed by atoms with E-state index in [2.05, 4.69) is 10.6 Å². The summed E-state index contributed by atoms with van der Waals surface area (Å²) >= 11 is 12.0. The number of amides is 3. The second-order valence-corrected chi connectivity index (χ2v) is 6.87. The highest BCUT2D eigenvalue weighted by Gasteiger charge is 2.22. The molecular weight excluding hydrogens is 351 g/mol. The zero-order valence-electron chi connectivity index (χ0n) is 13.5. The first kappa shape index (κ1) is 18.8. The van der Waals surface area contributed by atoms with E-state index in [9.17, 15) is 9.59 Å². The van der Waals surface area contributed by atoms with Crippen LogP contribution in [0, 0.1) is 0 Å². The van der Waals surface area contributed by atoms with Gasteiger partial charge in [0.05, 0.1) is 12.6 Å². The zero-order chi connectivity index (χ0) is 17.7. The average Bonchev–Trinajstić information content (AvgIpc) is 2.48. The fourth-order valence-corrected chi connectivity index (χ4v) is 3.38. The number of nitrogens with one attached hydrogen (secondary N) is 2. The Hall–Kier alpha value is -1.50. The molecule has 4 N–H and O–H groups in total. The van der Waals surface area contributed by atoms with E-state index < -0.39 is 0 Å². The summed E-state index contributed by atoms with van der Waals surface area (Å²) in [7, 11) is 0. The third-order valence-corrected chi connectivity index (χ3v) is 4.64. The monoisotopic (exact) mass is 372 g/mol. The number of rotatable bonds is 5. The third kappa shape index (κ3) is 5.54. The van der Waals surface area contributed by atoms with Crippen LogP contribution in [0.3, 0.4) is 0 Å². The second kappa shape index (κ2) is 8.55. The van der Waals surface area contributed by atoms with Crippen LogP contribution in [-0.2, 0) is 4.79 Å². The first-order valence-electron chi connectivity index (χ1n) is 7.88. The maximum atomic E-state index is 12.2. The van der Waals surface area contributed by atoms with Crippen molar-refractivity contribution in [2.75, 3.05) is 19.6 Å². The van der Waals surface area contributed by atoms with E-state index in [0.29, 0.717) is 10.0 Å². The maximum Gasteiger partial charge on any atom is 0.315 e. The number of primary amides is 1. The number of hydrogen-bond acceptors (Lipinski definition) is 3. The lowest BCUT2D eigenvalue weighted by Gasteiger charge is -2.31. The smallest absolute Gasteiger partial charge is 0.315 e. The van der Waals surface area contributed by atoms with Crippen LogP contribution in [0.1, 0.15) is 31.4 Å². The highest BCUT2D eigenvalue weighted by atomic mass is 35.5. The molecule has 1 atom stereocenters. The Morgan fingerprint density at radius 2 is 2.00 bits per heavy atom. The number of carbonyl (C=O) groups is 2. The third-order valence-electron chi connectivity index (χ3n) is 4.08. The van der Waals surface area contributed by atoms with Crippen molar-refractivity contribution in [3.63, 3.8) is 0 Å². The first-order chi connectivity index (χ1) is 11.3. The van der Waals surface area contributed by atoms with E-state index in [1.807, 2.05) is 11.8 Å². The highest BCUT2D eigenvalue weighted by molar-refractivity contribution is 6.35. The molecule has 8 heteroatoms. The lowest BCUT2D eigenvalue weighted by Crippen LogP contribution is -2.49. The summed E-state index contributed by atoms with van der Waals surface area (Å²) in [5.74, 6) is -0.326. The van der Waals surface area contributed by atoms with Gasteiger partial charge >= 0.3 is 6.03 Å². The second-order valence-electron chi connectivity index (χ2n) is 6.02. The summed E-state index contributed by atoms with van der Waals surface area (Å²) in [5, 5.41) is 6.93. The number of likely N-dealkylation sites (tertiary alicyclic amines) is 1. The lowest BCUT2D eigenvalue weighted by atomic mass is 10.1. The summed E-state index contributed by atoms with van der Waals surface area (Å²) in [6.07, 6.45) is 1.58. The van der Waals surface area contributed by atoms with E-state index in [1.54, 1.807) is 18.2 Å². The van der Waals surface area contributed by atoms with Gasteiger partial charge < -0.3 is 16.4 Å². The molecule has 1 saturated heterocycles. The van der Waals surface area contributed by atoms with E-state index >= 15 is 0 Å². The number of benzene rings is 1. The minimum Gasteiger partial charge on any atom is -0.369 e. The van der Waals surface area contributed by atoms with Gasteiger partial charge in [-0.3, -0.25) is 9.69 Å². The Labute approximate surface area is 151 Å². The van der Waals surface area contributed by atoms with Gasteiger partial charge in [0.15, 0.2) is 0 Å². The van der Waals surface area contributed by atoms with Crippen molar-refractivity contribution < 1.29 is 9.59 Å². The molecule has 0 bridgehead atoms. The Balaban J connectivity index is 1.80. The van der Waals surface area contributed by atoms with Gasteiger partial charge in [-0.15, -0.1) is 0 Å². The molecule has 1 unspecified atom stereocenters. The number of halogens is 2. The van der Waals surface area contributed by atoms with Gasteiger partial charge in [0, 0.05) is 29.2 Å². The number of carbonyl (C=O) groups excluding carboxylic acids is 2. The van der Waals surface area contributed by atoms with Crippen molar-refractivity contribution in [1.29, 1.82) is 0 Å². The van der Waals surface area contributed by atoms with Crippen LogP contribution in [0.25, 0.3) is 0 Å². The fourth-order valence-electron chi connectivity index (χ4n) is 2.81. The SMILES string of the molecule is CC(NC(=O)NC1CCN(CC(N)=O)CC1)c1ccc(Cl)cc1Cl. The molecule has 6 nitrogen and oxygen atoms in total. The first-order valence-corrected chi connectivity index (χ1v) is 8.63. The molecule has 0 spiro atoms. The van der Waals surface area contributed by atoms with Gasteiger partial charge in [0.25, 0.3) is 0 Å². The number of hydrogen-bond donors (Lipinski definition) is 3. The Kier molecular flexibility index (Phi) is 6.71. The number of urea groups is 1. The topological polar surface area (TPSA) is 87.5 Å². The van der Waals surface area contributed by atoms with Crippen molar-refractivity contribution in [2.24, 2.45) is 5.73 Å². The van der Waals surface area contributed by atoms with Crippen molar-refractivity contribution in [3.8, 4) is 0 Å². The molecule has 1 aromatic carbocycles. The summed E-state index contributed by atoms with van der Waals surface area (Å²) in [5.41, 5.74) is 6.00. The summed E-state index contributed by atoms with van der Waals surface area (Å²) in [6, 6.07) is 4.82. The minimum absolute atomic E-state index is 0.0852. The van der Waals surface area contributed by atoms with E-state index in [-0.39, 0.29) is 30.6 Å². The normalized spacial score (nSPS) is 17.3. The van der Waals surface area contributed by atoms with Crippen LogP contribution in [0.4, 0.5) is 4.79 Å². The molecule has 24 heavy (non-hydrogen) atoms. The molecule has 3 amide bonds. The van der Waals surface area contributed by atoms with Crippen LogP contribution in [0.2, 0.25) is 10.0 Å². The number of nitrogens with zero attached hydrogens (tertiary/aromatic N) is 1. The molecule has 1 aromatic rings. The minimum atomic E-state index is -0.326. The van der Waals surface area contributed by atoms with Crippen LogP contribution in [-0.4, -0.2) is 42.5 Å². The van der Waals surface area contributed by atoms with E-state index in [1.165, 1.54) is 0 Å². The van der Waals surface area contributed by atoms with Crippen molar-refractivity contribution in [2.45, 2.75) is 31.8 Å². The molecule has 1 fully saturated rings. The largest absolute Gasteiger partial charge is 0.369 e. The Bertz CT molecular complexity index is 604. The molecule has 0 aromatic heterocycles. The standard InChI is InChI=1S/C16H22Cl2N4O2/c1-10(13-3-2-11(17)8-14(13)18)20-16(24)21-12-4-6-22(7-5-12)9-15(19)23/h2-3,8,10,12H,4-7,9H2,1H3,(H2,19,23)(H2,20,21,24). The zero-order valence-corrected chi connectivity index (χ0v) is 15.0. The Morgan fingerprint density at radius 3 is 2.58 bits per heavy atom. The van der Waals surface area contributed by atoms with Gasteiger partial charge in [-0.1, -0.05) is 29.3 Å². The van der Waals surface area contributed by atoms with Crippen LogP contribution < -0.4 is 16.4 Å². The summed E-state index contributed by atoms with van der Waals surface area (Å²) in [6.45, 7) is 3.62. The number of nitrogens with two attached hydrogens (primary N) is 1. The molecule has 1 heterocycles. The summed E-state index contributed by atoms with van der Waals surface area (Å²) in [4.78, 5) is 25.1. The van der Waals surface area contributed by atoms with Crippen LogP contribution in [0.5, 0.6) is 0 Å². The molecule has 0 aliphatic carbocycles. The van der Waals surface area contributed by atoms with Gasteiger partial charge in [0.1, 0.15) is 0 Å². The van der Waals surface area contributed by atoms with E-state index in [4.69, 9.17) is 28.9 Å².